The summed E-state index contributed by atoms with van der Waals surface area (Å²) in [7, 11) is 0. The Morgan fingerprint density at radius 1 is 1.47 bits per heavy atom. The summed E-state index contributed by atoms with van der Waals surface area (Å²) in [5.74, 6) is 0. The van der Waals surface area contributed by atoms with E-state index >= 15 is 0 Å². The zero-order valence-electron chi connectivity index (χ0n) is 8.23. The van der Waals surface area contributed by atoms with Gasteiger partial charge in [-0.15, -0.1) is 6.58 Å². The highest BCUT2D eigenvalue weighted by Crippen LogP contribution is 2.05. The summed E-state index contributed by atoms with van der Waals surface area (Å²) in [4.78, 5) is 11.3. The van der Waals surface area contributed by atoms with Crippen LogP contribution in [0, 0.1) is 0 Å². The fraction of sp³-hybridized carbons (Fsp3) is 0.182. The van der Waals surface area contributed by atoms with Gasteiger partial charge in [0.05, 0.1) is 22.7 Å². The molecule has 0 saturated carbocycles. The first-order valence-electron chi connectivity index (χ1n) is 4.49. The third-order valence-corrected chi connectivity index (χ3v) is 2.27. The van der Waals surface area contributed by atoms with Crippen molar-refractivity contribution in [2.45, 2.75) is 6.61 Å². The molecule has 0 atom stereocenters. The van der Waals surface area contributed by atoms with E-state index in [0.717, 1.165) is 5.56 Å². The van der Waals surface area contributed by atoms with E-state index in [9.17, 15) is 4.79 Å². The number of nitrogens with zero attached hydrogens (tertiary/aromatic N) is 1. The van der Waals surface area contributed by atoms with Crippen LogP contribution in [0.25, 0.3) is 0 Å². The minimum atomic E-state index is -0.418. The normalized spacial score (nSPS) is 9.40. The van der Waals surface area contributed by atoms with Crippen molar-refractivity contribution in [1.82, 2.24) is 3.93 Å². The maximum Gasteiger partial charge on any atom is 0.420 e. The average Bonchev–Trinajstić information content (AvgIpc) is 2.27. The Hall–Kier alpha value is -1.29. The van der Waals surface area contributed by atoms with E-state index in [4.69, 9.17) is 4.74 Å². The number of rotatable bonds is 4. The first-order chi connectivity index (χ1) is 7.24. The number of hydrogen-bond acceptors (Lipinski definition) is 2. The first-order valence-corrected chi connectivity index (χ1v) is 5.20. The zero-order valence-corrected chi connectivity index (χ0v) is 9.81. The lowest BCUT2D eigenvalue weighted by Gasteiger charge is -2.12. The largest absolute Gasteiger partial charge is 0.444 e. The average molecular weight is 270 g/mol. The lowest BCUT2D eigenvalue weighted by atomic mass is 10.2. The fourth-order valence-electron chi connectivity index (χ4n) is 0.977. The summed E-state index contributed by atoms with van der Waals surface area (Å²) in [6.45, 7) is 4.21. The molecule has 0 aliphatic carbocycles. The lowest BCUT2D eigenvalue weighted by Crippen LogP contribution is -2.21. The molecule has 4 heteroatoms. The van der Waals surface area contributed by atoms with Crippen LogP contribution in [0.3, 0.4) is 0 Å². The Morgan fingerprint density at radius 2 is 2.13 bits per heavy atom. The molecule has 1 aromatic carbocycles. The Labute approximate surface area is 97.7 Å². The number of amides is 1. The van der Waals surface area contributed by atoms with Crippen molar-refractivity contribution in [1.29, 1.82) is 0 Å². The van der Waals surface area contributed by atoms with Gasteiger partial charge >= 0.3 is 6.09 Å². The van der Waals surface area contributed by atoms with Crippen LogP contribution in [0.5, 0.6) is 0 Å². The molecule has 15 heavy (non-hydrogen) atoms. The van der Waals surface area contributed by atoms with Crippen LogP contribution < -0.4 is 0 Å². The van der Waals surface area contributed by atoms with E-state index in [0.29, 0.717) is 6.54 Å². The van der Waals surface area contributed by atoms with Crippen LogP contribution in [0.2, 0.25) is 0 Å². The molecular weight excluding hydrogens is 258 g/mol. The molecule has 0 unspecified atom stereocenters. The molecule has 0 heterocycles. The van der Waals surface area contributed by atoms with Gasteiger partial charge in [0.25, 0.3) is 0 Å². The molecule has 1 amide bonds. The van der Waals surface area contributed by atoms with Crippen molar-refractivity contribution < 1.29 is 9.53 Å². The molecule has 0 aromatic heterocycles. The van der Waals surface area contributed by atoms with E-state index < -0.39 is 6.09 Å². The van der Waals surface area contributed by atoms with Crippen molar-refractivity contribution in [2.24, 2.45) is 0 Å². The molecule has 0 N–H and O–H groups in total. The summed E-state index contributed by atoms with van der Waals surface area (Å²) in [5, 5.41) is 0. The van der Waals surface area contributed by atoms with Crippen LogP contribution >= 0.6 is 16.1 Å². The minimum Gasteiger partial charge on any atom is -0.444 e. The van der Waals surface area contributed by atoms with Crippen LogP contribution in [0.15, 0.2) is 43.0 Å². The number of halogens is 1. The van der Waals surface area contributed by atoms with Gasteiger partial charge in [-0.1, -0.05) is 36.4 Å². The number of carbonyl (C=O) groups is 1. The summed E-state index contributed by atoms with van der Waals surface area (Å²) >= 11 is 3.06. The third-order valence-electron chi connectivity index (χ3n) is 1.69. The molecule has 1 rings (SSSR count). The van der Waals surface area contributed by atoms with Crippen molar-refractivity contribution >= 4 is 22.2 Å². The van der Waals surface area contributed by atoms with Gasteiger partial charge in [0.2, 0.25) is 0 Å². The highest BCUT2D eigenvalue weighted by molar-refractivity contribution is 9.07. The number of benzene rings is 1. The number of ether oxygens (including phenoxy) is 1. The Kier molecular flexibility index (Phi) is 4.90. The maximum absolute atomic E-state index is 11.3. The van der Waals surface area contributed by atoms with Gasteiger partial charge in [0, 0.05) is 0 Å². The van der Waals surface area contributed by atoms with Gasteiger partial charge in [-0.25, -0.2) is 8.72 Å². The van der Waals surface area contributed by atoms with Crippen LogP contribution in [-0.4, -0.2) is 16.6 Å². The molecule has 1 aromatic rings. The SMILES string of the molecule is C=CCN(Br)C(=O)OCc1ccccc1. The van der Waals surface area contributed by atoms with Gasteiger partial charge in [0.15, 0.2) is 0 Å². The highest BCUT2D eigenvalue weighted by Gasteiger charge is 2.09. The third kappa shape index (κ3) is 4.16. The van der Waals surface area contributed by atoms with Gasteiger partial charge in [-0.05, 0) is 5.56 Å². The van der Waals surface area contributed by atoms with Gasteiger partial charge in [-0.3, -0.25) is 0 Å². The van der Waals surface area contributed by atoms with Crippen molar-refractivity contribution in [2.75, 3.05) is 6.54 Å². The molecule has 0 radical (unpaired) electrons. The topological polar surface area (TPSA) is 29.5 Å². The quantitative estimate of drug-likeness (QED) is 0.621. The monoisotopic (exact) mass is 269 g/mol. The molecular formula is C11H12BrNO2. The molecule has 0 spiro atoms. The van der Waals surface area contributed by atoms with Gasteiger partial charge in [0.1, 0.15) is 6.61 Å². The Balaban J connectivity index is 2.37. The summed E-state index contributed by atoms with van der Waals surface area (Å²) in [6.07, 6.45) is 1.19. The van der Waals surface area contributed by atoms with Crippen molar-refractivity contribution in [3.63, 3.8) is 0 Å². The standard InChI is InChI=1S/C11H12BrNO2/c1-2-8-13(12)11(14)15-9-10-6-4-3-5-7-10/h2-7H,1,8-9H2. The summed E-state index contributed by atoms with van der Waals surface area (Å²) < 4.78 is 6.32. The smallest absolute Gasteiger partial charge is 0.420 e. The molecule has 3 nitrogen and oxygen atoms in total. The van der Waals surface area contributed by atoms with E-state index in [-0.39, 0.29) is 6.61 Å². The predicted octanol–water partition coefficient (Wildman–Crippen LogP) is 3.12. The second kappa shape index (κ2) is 6.24. The molecule has 0 saturated heterocycles. The zero-order chi connectivity index (χ0) is 11.1. The summed E-state index contributed by atoms with van der Waals surface area (Å²) in [5.41, 5.74) is 0.963. The molecule has 0 fully saturated rings. The Morgan fingerprint density at radius 3 is 2.73 bits per heavy atom. The Bertz CT molecular complexity index is 327. The van der Waals surface area contributed by atoms with Crippen LogP contribution in [-0.2, 0) is 11.3 Å². The van der Waals surface area contributed by atoms with Gasteiger partial charge in [-0.2, -0.15) is 0 Å². The highest BCUT2D eigenvalue weighted by atomic mass is 79.9. The second-order valence-corrected chi connectivity index (χ2v) is 3.73. The van der Waals surface area contributed by atoms with E-state index in [2.05, 4.69) is 22.7 Å². The maximum atomic E-state index is 11.3. The predicted molar refractivity (Wildman–Crippen MR) is 62.5 cm³/mol. The van der Waals surface area contributed by atoms with Gasteiger partial charge < -0.3 is 4.74 Å². The first kappa shape index (κ1) is 11.8. The second-order valence-electron chi connectivity index (χ2n) is 2.87. The van der Waals surface area contributed by atoms with Crippen LogP contribution in [0.1, 0.15) is 5.56 Å². The van der Waals surface area contributed by atoms with E-state index in [1.807, 2.05) is 30.3 Å². The van der Waals surface area contributed by atoms with Crippen molar-refractivity contribution in [3.8, 4) is 0 Å². The molecule has 80 valence electrons. The minimum absolute atomic E-state index is 0.277. The molecule has 0 aliphatic heterocycles. The van der Waals surface area contributed by atoms with Crippen molar-refractivity contribution in [3.05, 3.63) is 48.6 Å². The van der Waals surface area contributed by atoms with Crippen LogP contribution in [0.4, 0.5) is 4.79 Å². The lowest BCUT2D eigenvalue weighted by molar-refractivity contribution is 0.125. The van der Waals surface area contributed by atoms with E-state index in [1.165, 1.54) is 3.93 Å². The van der Waals surface area contributed by atoms with E-state index in [1.54, 1.807) is 6.08 Å². The number of hydrogen-bond donors (Lipinski definition) is 0. The fourth-order valence-corrected chi connectivity index (χ4v) is 1.28. The summed E-state index contributed by atoms with van der Waals surface area (Å²) in [6, 6.07) is 9.52. The number of carbonyl (C=O) groups excluding carboxylic acids is 1. The molecule has 0 aliphatic rings. The molecule has 0 bridgehead atoms.